The van der Waals surface area contributed by atoms with Gasteiger partial charge in [-0.25, -0.2) is 0 Å². The van der Waals surface area contributed by atoms with Crippen LogP contribution in [0.5, 0.6) is 0 Å². The molecule has 0 bridgehead atoms. The van der Waals surface area contributed by atoms with Crippen LogP contribution < -0.4 is 0 Å². The fourth-order valence-electron chi connectivity index (χ4n) is 6.39. The molecule has 2 heteroatoms. The summed E-state index contributed by atoms with van der Waals surface area (Å²) in [4.78, 5) is 12.1. The third-order valence-electron chi connectivity index (χ3n) is 9.81. The molecule has 0 aliphatic rings. The van der Waals surface area contributed by atoms with Gasteiger partial charge in [-0.15, -0.1) is 0 Å². The Bertz CT molecular complexity index is 838. The molecule has 0 aromatic heterocycles. The number of allylic oxidation sites excluding steroid dienone is 7. The highest BCUT2D eigenvalue weighted by Crippen LogP contribution is 2.17. The molecule has 0 radical (unpaired) electrons. The zero-order valence-corrected chi connectivity index (χ0v) is 33.5. The fraction of sp³-hybridized carbons (Fsp3) is 0.804. The zero-order chi connectivity index (χ0) is 35.3. The highest BCUT2D eigenvalue weighted by Gasteiger charge is 2.02. The summed E-state index contributed by atoms with van der Waals surface area (Å²) in [5.74, 6) is -0.0394. The Kier molecular flexibility index (Phi) is 35.5. The van der Waals surface area contributed by atoms with Crippen LogP contribution in [-0.4, -0.2) is 12.6 Å². The monoisotopic (exact) mass is 669 g/mol. The minimum absolute atomic E-state index is 0.0394. The fourth-order valence-corrected chi connectivity index (χ4v) is 6.39. The van der Waals surface area contributed by atoms with Crippen LogP contribution in [0.1, 0.15) is 234 Å². The molecule has 0 aromatic carbocycles. The van der Waals surface area contributed by atoms with Crippen molar-refractivity contribution in [2.24, 2.45) is 0 Å². The van der Waals surface area contributed by atoms with Crippen LogP contribution in [0, 0.1) is 0 Å². The van der Waals surface area contributed by atoms with Crippen molar-refractivity contribution in [3.63, 3.8) is 0 Å². The zero-order valence-electron chi connectivity index (χ0n) is 33.5. The minimum Gasteiger partial charge on any atom is -0.461 e. The molecule has 0 aliphatic heterocycles. The van der Waals surface area contributed by atoms with Crippen LogP contribution in [0.25, 0.3) is 0 Å². The number of rotatable bonds is 35. The van der Waals surface area contributed by atoms with Crippen LogP contribution in [0.2, 0.25) is 0 Å². The Morgan fingerprint density at radius 1 is 0.396 bits per heavy atom. The Labute approximate surface area is 302 Å². The molecule has 0 saturated carbocycles. The van der Waals surface area contributed by atoms with Crippen molar-refractivity contribution in [3.8, 4) is 0 Å². The molecule has 0 rings (SSSR count). The Balaban J connectivity index is 3.51. The maximum Gasteiger partial charge on any atom is 0.306 e. The summed E-state index contributed by atoms with van der Waals surface area (Å²) in [6, 6.07) is 0. The first-order valence-corrected chi connectivity index (χ1v) is 21.1. The number of unbranched alkanes of at least 4 members (excludes halogenated alkanes) is 22. The largest absolute Gasteiger partial charge is 0.461 e. The second-order valence-electron chi connectivity index (χ2n) is 15.3. The summed E-state index contributed by atoms with van der Waals surface area (Å²) in [6.07, 6.45) is 48.4. The van der Waals surface area contributed by atoms with E-state index in [-0.39, 0.29) is 5.97 Å². The van der Waals surface area contributed by atoms with Crippen LogP contribution >= 0.6 is 0 Å². The summed E-state index contributed by atoms with van der Waals surface area (Å²) >= 11 is 0. The SMILES string of the molecule is CCCCCCCCCCCCCCCCCCCCCCCCCC(=O)OC/C=C(\C)CC/C=C(\C)CC/C=C(\C)CCC=C(C)C. The quantitative estimate of drug-likeness (QED) is 0.0382. The molecule has 0 fully saturated rings. The molecule has 48 heavy (non-hydrogen) atoms. The third-order valence-corrected chi connectivity index (χ3v) is 9.81. The number of hydrogen-bond acceptors (Lipinski definition) is 2. The third kappa shape index (κ3) is 37.3. The van der Waals surface area contributed by atoms with Crippen molar-refractivity contribution in [1.29, 1.82) is 0 Å². The van der Waals surface area contributed by atoms with Crippen molar-refractivity contribution in [2.45, 2.75) is 234 Å². The minimum atomic E-state index is -0.0394. The normalized spacial score (nSPS) is 12.5. The molecule has 0 aliphatic carbocycles. The van der Waals surface area contributed by atoms with Gasteiger partial charge < -0.3 is 4.74 Å². The summed E-state index contributed by atoms with van der Waals surface area (Å²) in [5, 5.41) is 0. The van der Waals surface area contributed by atoms with E-state index in [9.17, 15) is 4.79 Å². The van der Waals surface area contributed by atoms with Crippen molar-refractivity contribution >= 4 is 5.97 Å². The van der Waals surface area contributed by atoms with Crippen LogP contribution in [0.3, 0.4) is 0 Å². The molecule has 0 saturated heterocycles. The van der Waals surface area contributed by atoms with Crippen molar-refractivity contribution < 1.29 is 9.53 Å². The Morgan fingerprint density at radius 3 is 1.06 bits per heavy atom. The van der Waals surface area contributed by atoms with Gasteiger partial charge in [0.2, 0.25) is 0 Å². The highest BCUT2D eigenvalue weighted by molar-refractivity contribution is 5.69. The van der Waals surface area contributed by atoms with Gasteiger partial charge in [-0.2, -0.15) is 0 Å². The van der Waals surface area contributed by atoms with Crippen LogP contribution in [0.4, 0.5) is 0 Å². The van der Waals surface area contributed by atoms with Gasteiger partial charge in [0.15, 0.2) is 0 Å². The molecule has 0 unspecified atom stereocenters. The van der Waals surface area contributed by atoms with E-state index in [1.165, 1.54) is 164 Å². The Hall–Kier alpha value is -1.57. The molecule has 280 valence electrons. The molecular formula is C46H84O2. The van der Waals surface area contributed by atoms with E-state index in [1.54, 1.807) is 0 Å². The molecule has 0 spiro atoms. The Morgan fingerprint density at radius 2 is 0.708 bits per heavy atom. The second-order valence-corrected chi connectivity index (χ2v) is 15.3. The van der Waals surface area contributed by atoms with Gasteiger partial charge in [0.05, 0.1) is 0 Å². The summed E-state index contributed by atoms with van der Waals surface area (Å²) < 4.78 is 5.47. The highest BCUT2D eigenvalue weighted by atomic mass is 16.5. The van der Waals surface area contributed by atoms with E-state index in [0.29, 0.717) is 13.0 Å². The lowest BCUT2D eigenvalue weighted by atomic mass is 10.0. The van der Waals surface area contributed by atoms with Gasteiger partial charge in [0, 0.05) is 6.42 Å². The lowest BCUT2D eigenvalue weighted by Crippen LogP contribution is -2.04. The van der Waals surface area contributed by atoms with Crippen molar-refractivity contribution in [3.05, 3.63) is 46.6 Å². The summed E-state index contributed by atoms with van der Waals surface area (Å²) in [6.45, 7) is 13.7. The van der Waals surface area contributed by atoms with Crippen molar-refractivity contribution in [2.75, 3.05) is 6.61 Å². The summed E-state index contributed by atoms with van der Waals surface area (Å²) in [7, 11) is 0. The molecule has 2 nitrogen and oxygen atoms in total. The van der Waals surface area contributed by atoms with Gasteiger partial charge in [-0.3, -0.25) is 4.79 Å². The van der Waals surface area contributed by atoms with E-state index in [1.807, 2.05) is 0 Å². The van der Waals surface area contributed by atoms with Gasteiger partial charge in [-0.05, 0) is 85.6 Å². The van der Waals surface area contributed by atoms with Gasteiger partial charge in [0.25, 0.3) is 0 Å². The average Bonchev–Trinajstić information content (AvgIpc) is 3.05. The van der Waals surface area contributed by atoms with E-state index in [4.69, 9.17) is 4.74 Å². The van der Waals surface area contributed by atoms with Gasteiger partial charge >= 0.3 is 5.97 Å². The van der Waals surface area contributed by atoms with Crippen LogP contribution in [-0.2, 0) is 9.53 Å². The predicted molar refractivity (Wildman–Crippen MR) is 216 cm³/mol. The number of ether oxygens (including phenoxy) is 1. The number of hydrogen-bond donors (Lipinski definition) is 0. The van der Waals surface area contributed by atoms with Crippen molar-refractivity contribution in [1.82, 2.24) is 0 Å². The maximum atomic E-state index is 12.1. The molecular weight excluding hydrogens is 585 g/mol. The van der Waals surface area contributed by atoms with E-state index >= 15 is 0 Å². The van der Waals surface area contributed by atoms with E-state index in [2.05, 4.69) is 65.8 Å². The molecule has 0 amide bonds. The van der Waals surface area contributed by atoms with Gasteiger partial charge in [-0.1, -0.05) is 189 Å². The maximum absolute atomic E-state index is 12.1. The molecule has 0 aromatic rings. The lowest BCUT2D eigenvalue weighted by molar-refractivity contribution is -0.142. The standard InChI is InChI=1S/C46H84O2/c1-7-8-9-10-11-12-13-14-15-16-17-18-19-20-21-22-23-24-25-26-27-28-29-39-46(47)48-41-40-45(6)38-32-37-44(5)36-31-35-43(4)34-30-33-42(2)3/h33,35,37,40H,7-32,34,36,38-39,41H2,1-6H3/b43-35+,44-37+,45-40+. The summed E-state index contributed by atoms with van der Waals surface area (Å²) in [5.41, 5.74) is 5.68. The average molecular weight is 669 g/mol. The first-order chi connectivity index (χ1) is 23.3. The first kappa shape index (κ1) is 46.4. The number of esters is 1. The predicted octanol–water partition coefficient (Wildman–Crippen LogP) is 16.1. The number of carbonyl (C=O) groups is 1. The van der Waals surface area contributed by atoms with Crippen LogP contribution in [0.15, 0.2) is 46.6 Å². The lowest BCUT2D eigenvalue weighted by Gasteiger charge is -2.05. The molecule has 0 atom stereocenters. The van der Waals surface area contributed by atoms with Gasteiger partial charge in [0.1, 0.15) is 6.61 Å². The second kappa shape index (κ2) is 36.7. The van der Waals surface area contributed by atoms with E-state index < -0.39 is 0 Å². The van der Waals surface area contributed by atoms with E-state index in [0.717, 1.165) is 44.9 Å². The number of carbonyl (C=O) groups excluding carboxylic acids is 1. The first-order valence-electron chi connectivity index (χ1n) is 21.1. The smallest absolute Gasteiger partial charge is 0.306 e. The molecule has 0 heterocycles. The topological polar surface area (TPSA) is 26.3 Å². The molecule has 0 N–H and O–H groups in total.